The molecule has 1 aromatic heterocycles. The van der Waals surface area contributed by atoms with E-state index in [0.29, 0.717) is 9.88 Å². The SMILES string of the molecule is CCCCC(O)c1ncc(C=O)s1. The number of rotatable bonds is 5. The van der Waals surface area contributed by atoms with Gasteiger partial charge < -0.3 is 5.11 Å². The van der Waals surface area contributed by atoms with Crippen molar-refractivity contribution in [2.75, 3.05) is 0 Å². The highest BCUT2D eigenvalue weighted by atomic mass is 32.1. The molecule has 72 valence electrons. The van der Waals surface area contributed by atoms with E-state index < -0.39 is 6.10 Å². The fourth-order valence-corrected chi connectivity index (χ4v) is 1.78. The Bertz CT molecular complexity index is 272. The Hall–Kier alpha value is -0.740. The van der Waals surface area contributed by atoms with E-state index in [9.17, 15) is 9.90 Å². The molecule has 4 heteroatoms. The lowest BCUT2D eigenvalue weighted by Gasteiger charge is -2.04. The monoisotopic (exact) mass is 199 g/mol. The van der Waals surface area contributed by atoms with Gasteiger partial charge in [0.15, 0.2) is 6.29 Å². The van der Waals surface area contributed by atoms with Gasteiger partial charge in [-0.1, -0.05) is 19.8 Å². The van der Waals surface area contributed by atoms with Gasteiger partial charge >= 0.3 is 0 Å². The second-order valence-corrected chi connectivity index (χ2v) is 3.97. The van der Waals surface area contributed by atoms with Crippen LogP contribution in [0.25, 0.3) is 0 Å². The predicted molar refractivity (Wildman–Crippen MR) is 52.0 cm³/mol. The summed E-state index contributed by atoms with van der Waals surface area (Å²) in [5.41, 5.74) is 0. The maximum atomic E-state index is 10.3. The molecule has 1 unspecified atom stereocenters. The summed E-state index contributed by atoms with van der Waals surface area (Å²) in [5, 5.41) is 10.2. The Morgan fingerprint density at radius 2 is 2.54 bits per heavy atom. The smallest absolute Gasteiger partial charge is 0.161 e. The number of aromatic nitrogens is 1. The molecule has 0 aromatic carbocycles. The van der Waals surface area contributed by atoms with Gasteiger partial charge in [0.25, 0.3) is 0 Å². The Labute approximate surface area is 81.4 Å². The van der Waals surface area contributed by atoms with Crippen molar-refractivity contribution < 1.29 is 9.90 Å². The summed E-state index contributed by atoms with van der Waals surface area (Å²) in [7, 11) is 0. The average molecular weight is 199 g/mol. The minimum absolute atomic E-state index is 0.501. The number of carbonyl (C=O) groups is 1. The molecule has 13 heavy (non-hydrogen) atoms. The number of hydrogen-bond acceptors (Lipinski definition) is 4. The molecule has 0 aliphatic carbocycles. The third-order valence-electron chi connectivity index (χ3n) is 1.77. The summed E-state index contributed by atoms with van der Waals surface area (Å²) in [6, 6.07) is 0. The van der Waals surface area contributed by atoms with Crippen molar-refractivity contribution in [1.29, 1.82) is 0 Å². The zero-order chi connectivity index (χ0) is 9.68. The van der Waals surface area contributed by atoms with Crippen LogP contribution in [0.15, 0.2) is 6.20 Å². The number of aldehydes is 1. The second kappa shape index (κ2) is 5.09. The van der Waals surface area contributed by atoms with Crippen LogP contribution in [0, 0.1) is 0 Å². The molecular weight excluding hydrogens is 186 g/mol. The lowest BCUT2D eigenvalue weighted by atomic mass is 10.2. The summed E-state index contributed by atoms with van der Waals surface area (Å²) < 4.78 is 0. The van der Waals surface area contributed by atoms with Crippen LogP contribution in [0.5, 0.6) is 0 Å². The van der Waals surface area contributed by atoms with Crippen LogP contribution < -0.4 is 0 Å². The minimum Gasteiger partial charge on any atom is -0.386 e. The second-order valence-electron chi connectivity index (χ2n) is 2.88. The van der Waals surface area contributed by atoms with Crippen molar-refractivity contribution in [2.24, 2.45) is 0 Å². The third-order valence-corrected chi connectivity index (χ3v) is 2.80. The number of aliphatic hydroxyl groups is 1. The molecule has 0 aliphatic heterocycles. The number of hydrogen-bond donors (Lipinski definition) is 1. The van der Waals surface area contributed by atoms with Gasteiger partial charge in [-0.05, 0) is 6.42 Å². The number of carbonyl (C=O) groups excluding carboxylic acids is 1. The van der Waals surface area contributed by atoms with Gasteiger partial charge in [-0.25, -0.2) is 4.98 Å². The zero-order valence-electron chi connectivity index (χ0n) is 7.56. The Morgan fingerprint density at radius 3 is 3.08 bits per heavy atom. The Kier molecular flexibility index (Phi) is 4.05. The van der Waals surface area contributed by atoms with Gasteiger partial charge in [0, 0.05) is 6.20 Å². The molecule has 0 fully saturated rings. The van der Waals surface area contributed by atoms with E-state index in [-0.39, 0.29) is 0 Å². The largest absolute Gasteiger partial charge is 0.386 e. The van der Waals surface area contributed by atoms with Crippen LogP contribution in [-0.2, 0) is 0 Å². The first-order chi connectivity index (χ1) is 6.27. The van der Waals surface area contributed by atoms with E-state index in [1.807, 2.05) is 0 Å². The van der Waals surface area contributed by atoms with Crippen molar-refractivity contribution in [2.45, 2.75) is 32.3 Å². The maximum Gasteiger partial charge on any atom is 0.161 e. The van der Waals surface area contributed by atoms with Crippen LogP contribution in [0.2, 0.25) is 0 Å². The molecule has 3 nitrogen and oxygen atoms in total. The van der Waals surface area contributed by atoms with Crippen LogP contribution in [0.1, 0.15) is 47.0 Å². The van der Waals surface area contributed by atoms with E-state index in [1.165, 1.54) is 17.5 Å². The van der Waals surface area contributed by atoms with Crippen LogP contribution >= 0.6 is 11.3 Å². The van der Waals surface area contributed by atoms with E-state index in [4.69, 9.17) is 0 Å². The summed E-state index contributed by atoms with van der Waals surface area (Å²) in [5.74, 6) is 0. The zero-order valence-corrected chi connectivity index (χ0v) is 8.38. The van der Waals surface area contributed by atoms with Crippen molar-refractivity contribution in [3.8, 4) is 0 Å². The highest BCUT2D eigenvalue weighted by Gasteiger charge is 2.10. The average Bonchev–Trinajstić information content (AvgIpc) is 2.62. The molecule has 0 amide bonds. The van der Waals surface area contributed by atoms with Gasteiger partial charge in [-0.15, -0.1) is 11.3 Å². The standard InChI is InChI=1S/C9H13NO2S/c1-2-3-4-8(12)9-10-5-7(6-11)13-9/h5-6,8,12H,2-4H2,1H3. The summed E-state index contributed by atoms with van der Waals surface area (Å²) in [4.78, 5) is 14.9. The van der Waals surface area contributed by atoms with E-state index in [1.54, 1.807) is 0 Å². The lowest BCUT2D eigenvalue weighted by molar-refractivity contribution is 0.112. The van der Waals surface area contributed by atoms with Crippen LogP contribution in [-0.4, -0.2) is 16.4 Å². The maximum absolute atomic E-state index is 10.3. The van der Waals surface area contributed by atoms with Gasteiger partial charge in [0.1, 0.15) is 11.1 Å². The quantitative estimate of drug-likeness (QED) is 0.739. The molecule has 1 N–H and O–H groups in total. The van der Waals surface area contributed by atoms with Crippen molar-refractivity contribution in [1.82, 2.24) is 4.98 Å². The fraction of sp³-hybridized carbons (Fsp3) is 0.556. The Balaban J connectivity index is 2.54. The molecule has 0 saturated carbocycles. The van der Waals surface area contributed by atoms with Gasteiger partial charge in [-0.2, -0.15) is 0 Å². The van der Waals surface area contributed by atoms with Gasteiger partial charge in [-0.3, -0.25) is 4.79 Å². The van der Waals surface area contributed by atoms with Crippen molar-refractivity contribution in [3.05, 3.63) is 16.1 Å². The molecule has 1 atom stereocenters. The number of aliphatic hydroxyl groups excluding tert-OH is 1. The highest BCUT2D eigenvalue weighted by molar-refractivity contribution is 7.13. The third kappa shape index (κ3) is 2.90. The minimum atomic E-state index is -0.501. The van der Waals surface area contributed by atoms with E-state index in [2.05, 4.69) is 11.9 Å². The first-order valence-electron chi connectivity index (χ1n) is 4.37. The number of unbranched alkanes of at least 4 members (excludes halogenated alkanes) is 1. The Morgan fingerprint density at radius 1 is 1.77 bits per heavy atom. The van der Waals surface area contributed by atoms with Crippen molar-refractivity contribution >= 4 is 17.6 Å². The summed E-state index contributed by atoms with van der Waals surface area (Å²) in [6.07, 6.45) is 4.52. The molecule has 0 saturated heterocycles. The van der Waals surface area contributed by atoms with Crippen molar-refractivity contribution in [3.63, 3.8) is 0 Å². The molecular formula is C9H13NO2S. The first kappa shape index (κ1) is 10.3. The molecule has 0 spiro atoms. The molecule has 0 aliphatic rings. The molecule has 0 radical (unpaired) electrons. The van der Waals surface area contributed by atoms with Crippen LogP contribution in [0.4, 0.5) is 0 Å². The summed E-state index contributed by atoms with van der Waals surface area (Å²) in [6.45, 7) is 2.07. The molecule has 1 heterocycles. The van der Waals surface area contributed by atoms with E-state index >= 15 is 0 Å². The molecule has 1 aromatic rings. The molecule has 1 rings (SSSR count). The normalized spacial score (nSPS) is 12.8. The highest BCUT2D eigenvalue weighted by Crippen LogP contribution is 2.22. The van der Waals surface area contributed by atoms with Crippen LogP contribution in [0.3, 0.4) is 0 Å². The van der Waals surface area contributed by atoms with Gasteiger partial charge in [0.05, 0.1) is 4.88 Å². The fourth-order valence-electron chi connectivity index (χ4n) is 1.03. The first-order valence-corrected chi connectivity index (χ1v) is 5.18. The number of nitrogens with zero attached hydrogens (tertiary/aromatic N) is 1. The van der Waals surface area contributed by atoms with Gasteiger partial charge in [0.2, 0.25) is 0 Å². The van der Waals surface area contributed by atoms with E-state index in [0.717, 1.165) is 25.5 Å². The molecule has 0 bridgehead atoms. The summed E-state index contributed by atoms with van der Waals surface area (Å²) >= 11 is 1.26. The number of thiazole rings is 1. The predicted octanol–water partition coefficient (Wildman–Crippen LogP) is 2.18. The lowest BCUT2D eigenvalue weighted by Crippen LogP contribution is -1.95. The topological polar surface area (TPSA) is 50.2 Å².